The van der Waals surface area contributed by atoms with Gasteiger partial charge in [-0.15, -0.1) is 0 Å². The number of rotatable bonds is 10. The average Bonchev–Trinajstić information content (AvgIpc) is 4.10. The van der Waals surface area contributed by atoms with Crippen LogP contribution in [-0.4, -0.2) is 91.5 Å². The standard InChI is InChI=1S/C25H32F3O4PS.C23H30O4.C3H6ClF3OPS.CH2O/c1-7-15-9-14(3)10-16(8-2)19(15)20-21(29)17-11-24(13-30-23(4,5)32-24)12-18(17)22(20)31-33(6,34)25(26,27)28;1-6-14-8-13(3)9-15(7-2)18(14)19-20(24)16-10-23(11-17(16)21(19)25)12-26-22(4,5)27-23;1-9(4,10)8-2-3(5,6)7;1-2/h9-10,17-18H,7-8,11-13H2,1-6H3;8-9,16-17,24H,6-7,10-12H2,1-5H3;4H,2H2,1H3;1H2/q;;+1;. The molecule has 2 spiro atoms. The number of hydrogen-bond acceptors (Lipinski definition) is 12. The molecule has 0 aromatic heterocycles. The second-order valence-corrected chi connectivity index (χ2v) is 32.0. The molecule has 73 heavy (non-hydrogen) atoms. The Morgan fingerprint density at radius 2 is 1.04 bits per heavy atom. The van der Waals surface area contributed by atoms with Gasteiger partial charge in [-0.2, -0.15) is 26.3 Å². The summed E-state index contributed by atoms with van der Waals surface area (Å²) in [5.74, 6) is -7.18. The van der Waals surface area contributed by atoms with Crippen molar-refractivity contribution < 1.29 is 85.1 Å². The van der Waals surface area contributed by atoms with Crippen molar-refractivity contribution in [2.75, 3.05) is 33.2 Å². The lowest BCUT2D eigenvalue weighted by molar-refractivity contribution is -0.201. The summed E-state index contributed by atoms with van der Waals surface area (Å²) >= 11 is 13.9. The maximum atomic E-state index is 13.9. The zero-order valence-electron chi connectivity index (χ0n) is 43.6. The molecule has 2 aromatic rings. The number of hydrogen-bond donors (Lipinski definition) is 1. The van der Waals surface area contributed by atoms with Crippen molar-refractivity contribution in [3.05, 3.63) is 80.3 Å². The van der Waals surface area contributed by atoms with E-state index in [0.717, 1.165) is 58.5 Å². The summed E-state index contributed by atoms with van der Waals surface area (Å²) in [4.78, 5) is 35.3. The first-order valence-electron chi connectivity index (χ1n) is 24.4. The summed E-state index contributed by atoms with van der Waals surface area (Å²) in [6.45, 7) is 23.4. The normalized spacial score (nSPS) is 28.5. The number of aliphatic hydroxyl groups excluding tert-OH is 1. The minimum absolute atomic E-state index is 0.0796. The van der Waals surface area contributed by atoms with Crippen LogP contribution >= 0.6 is 11.9 Å². The fourth-order valence-electron chi connectivity index (χ4n) is 11.3. The Morgan fingerprint density at radius 3 is 1.36 bits per heavy atom. The van der Waals surface area contributed by atoms with Gasteiger partial charge in [0, 0.05) is 37.0 Å². The number of carbonyl (C=O) groups excluding carboxylic acids is 3. The molecule has 1 N–H and O–H groups in total. The lowest BCUT2D eigenvalue weighted by Gasteiger charge is -2.28. The first-order chi connectivity index (χ1) is 33.5. The summed E-state index contributed by atoms with van der Waals surface area (Å²) in [5, 5.41) is 11.1. The predicted octanol–water partition coefficient (Wildman–Crippen LogP) is 12.6. The Balaban J connectivity index is 0.000000226. The molecule has 4 aliphatic carbocycles. The molecule has 0 amide bonds. The highest BCUT2D eigenvalue weighted by Gasteiger charge is 2.62. The number of carbonyl (C=O) groups is 3. The molecule has 2 heterocycles. The molecule has 2 aromatic carbocycles. The molecular weight excluding hydrogens is 1060 g/mol. The number of fused-ring (bicyclic) bond motifs is 2. The molecule has 8 rings (SSSR count). The minimum Gasteiger partial charge on any atom is -0.511 e. The van der Waals surface area contributed by atoms with Gasteiger partial charge in [-0.3, -0.25) is 14.1 Å². The SMILES string of the molecule is C=O.CCc1cc(C)cc(CC)c1C1=C(O)C2CC3(COC(C)(C)O3)CC2C1=O.CCc1cc(C)cc(CC)c1C1=C(OP(C)(=S)C(F)(F)F)C2CC3(COC(C)(C)O3)CC2C1=O.CP(=S)([ClH+])OCC(F)(F)F. The van der Waals surface area contributed by atoms with Crippen LogP contribution in [0.1, 0.15) is 126 Å². The zero-order chi connectivity index (χ0) is 55.2. The molecular formula is C52H70ClF6O10P2S2+. The van der Waals surface area contributed by atoms with Gasteiger partial charge in [0.05, 0.1) is 35.6 Å². The van der Waals surface area contributed by atoms with Crippen LogP contribution in [0.2, 0.25) is 0 Å². The third-order valence-electron chi connectivity index (χ3n) is 14.1. The van der Waals surface area contributed by atoms with Crippen LogP contribution < -0.4 is 0 Å². The molecule has 4 fully saturated rings. The summed E-state index contributed by atoms with van der Waals surface area (Å²) in [5.41, 5.74) is 5.27. The van der Waals surface area contributed by atoms with Crippen LogP contribution in [0.4, 0.5) is 26.3 Å². The number of aliphatic hydroxyl groups is 1. The van der Waals surface area contributed by atoms with Crippen LogP contribution in [0.25, 0.3) is 11.1 Å². The fraction of sp³-hybridized carbons (Fsp3) is 0.635. The third kappa shape index (κ3) is 13.6. The lowest BCUT2D eigenvalue weighted by atomic mass is 9.86. The molecule has 2 saturated heterocycles. The molecule has 0 radical (unpaired) electrons. The first-order valence-corrected chi connectivity index (χ1v) is 31.7. The van der Waals surface area contributed by atoms with E-state index in [2.05, 4.69) is 60.5 Å². The van der Waals surface area contributed by atoms with Crippen molar-refractivity contribution >= 4 is 65.0 Å². The van der Waals surface area contributed by atoms with Gasteiger partial charge in [0.15, 0.2) is 41.0 Å². The van der Waals surface area contributed by atoms with Crippen molar-refractivity contribution in [3.8, 4) is 0 Å². The van der Waals surface area contributed by atoms with Gasteiger partial charge in [-0.05, 0) is 150 Å². The molecule has 408 valence electrons. The van der Waals surface area contributed by atoms with E-state index in [4.69, 9.17) is 40.1 Å². The quantitative estimate of drug-likeness (QED) is 0.180. The Morgan fingerprint density at radius 1 is 0.685 bits per heavy atom. The number of aryl methyl sites for hydroxylation is 6. The first kappa shape index (κ1) is 61.4. The van der Waals surface area contributed by atoms with Gasteiger partial charge in [-0.1, -0.05) is 63.1 Å². The number of benzene rings is 2. The predicted molar refractivity (Wildman–Crippen MR) is 275 cm³/mol. The van der Waals surface area contributed by atoms with Crippen molar-refractivity contribution in [2.24, 2.45) is 23.7 Å². The third-order valence-corrected chi connectivity index (χ3v) is 17.6. The van der Waals surface area contributed by atoms with Crippen molar-refractivity contribution in [1.29, 1.82) is 0 Å². The summed E-state index contributed by atoms with van der Waals surface area (Å²) in [6, 6.07) is 8.30. The summed E-state index contributed by atoms with van der Waals surface area (Å²) < 4.78 is 110. The number of allylic oxidation sites excluding steroid dienone is 4. The van der Waals surface area contributed by atoms with E-state index in [1.165, 1.54) is 12.2 Å². The van der Waals surface area contributed by atoms with Crippen LogP contribution in [0.15, 0.2) is 35.8 Å². The second-order valence-electron chi connectivity index (χ2n) is 20.8. The Kier molecular flexibility index (Phi) is 18.9. The molecule has 8 unspecified atom stereocenters. The van der Waals surface area contributed by atoms with Crippen LogP contribution in [0.3, 0.4) is 0 Å². The van der Waals surface area contributed by atoms with Gasteiger partial charge in [-0.25, -0.2) is 0 Å². The maximum Gasteiger partial charge on any atom is 0.448 e. The van der Waals surface area contributed by atoms with Crippen LogP contribution in [0, 0.1) is 48.8 Å². The van der Waals surface area contributed by atoms with Gasteiger partial charge < -0.3 is 33.4 Å². The highest BCUT2D eigenvalue weighted by molar-refractivity contribution is 8.12. The number of alkyl halides is 6. The Bertz CT molecular complexity index is 2560. The summed E-state index contributed by atoms with van der Waals surface area (Å²) in [6.07, 6.45) is -3.52. The molecule has 2 aliphatic heterocycles. The van der Waals surface area contributed by atoms with Gasteiger partial charge in [0.1, 0.15) is 18.3 Å². The number of Topliss-reactive ketones (excluding diaryl/α,β-unsaturated/α-hetero) is 2. The van der Waals surface area contributed by atoms with Crippen LogP contribution in [0.5, 0.6) is 0 Å². The molecule has 2 saturated carbocycles. The largest absolute Gasteiger partial charge is 0.511 e. The zero-order valence-corrected chi connectivity index (χ0v) is 47.9. The molecule has 0 bridgehead atoms. The topological polar surface area (TPSA) is 127 Å². The summed E-state index contributed by atoms with van der Waals surface area (Å²) in [7, 11) is 0. The van der Waals surface area contributed by atoms with Crippen molar-refractivity contribution in [1.82, 2.24) is 0 Å². The van der Waals surface area contributed by atoms with Crippen molar-refractivity contribution in [3.63, 3.8) is 0 Å². The highest BCUT2D eigenvalue weighted by Crippen LogP contribution is 2.66. The monoisotopic (exact) mass is 1130 g/mol. The average molecular weight is 1130 g/mol. The smallest absolute Gasteiger partial charge is 0.448 e. The Hall–Kier alpha value is -2.50. The lowest BCUT2D eigenvalue weighted by Crippen LogP contribution is -2.32. The second kappa shape index (κ2) is 22.5. The van der Waals surface area contributed by atoms with Gasteiger partial charge in [0.2, 0.25) is 6.26 Å². The van der Waals surface area contributed by atoms with E-state index in [-0.39, 0.29) is 40.5 Å². The number of halogens is 7. The van der Waals surface area contributed by atoms with E-state index in [1.807, 2.05) is 53.5 Å². The maximum absolute atomic E-state index is 13.9. The van der Waals surface area contributed by atoms with E-state index in [1.54, 1.807) is 13.8 Å². The van der Waals surface area contributed by atoms with E-state index in [0.29, 0.717) is 57.3 Å². The van der Waals surface area contributed by atoms with E-state index in [9.17, 15) is 41.0 Å². The Labute approximate surface area is 440 Å². The number of ketones is 2. The molecule has 21 heteroatoms. The van der Waals surface area contributed by atoms with Gasteiger partial charge in [0.25, 0.3) is 0 Å². The molecule has 8 atom stereocenters. The van der Waals surface area contributed by atoms with Crippen LogP contribution in [-0.2, 0) is 91.7 Å². The highest BCUT2D eigenvalue weighted by atomic mass is 35.7. The fourth-order valence-corrected chi connectivity index (χ4v) is 12.9. The van der Waals surface area contributed by atoms with E-state index >= 15 is 0 Å². The number of ether oxygens (including phenoxy) is 4. The molecule has 10 nitrogen and oxygen atoms in total. The molecule has 6 aliphatic rings. The van der Waals surface area contributed by atoms with E-state index < -0.39 is 65.2 Å². The van der Waals surface area contributed by atoms with Crippen molar-refractivity contribution in [2.45, 2.75) is 155 Å². The van der Waals surface area contributed by atoms with Gasteiger partial charge >= 0.3 is 17.7 Å². The minimum atomic E-state index is -4.67.